The van der Waals surface area contributed by atoms with Crippen LogP contribution in [0.3, 0.4) is 0 Å². The smallest absolute Gasteiger partial charge is 0.305 e. The van der Waals surface area contributed by atoms with Gasteiger partial charge in [-0.15, -0.1) is 0 Å². The lowest BCUT2D eigenvalue weighted by Crippen LogP contribution is -1.98. The summed E-state index contributed by atoms with van der Waals surface area (Å²) in [5, 5.41) is 8.67. The molecule has 3 heteroatoms. The van der Waals surface area contributed by atoms with Crippen LogP contribution < -0.4 is 0 Å². The van der Waals surface area contributed by atoms with Gasteiger partial charge in [-0.2, -0.15) is 0 Å². The molecular weight excluding hydrogens is 300 g/mol. The van der Waals surface area contributed by atoms with E-state index in [0.717, 1.165) is 44.9 Å². The van der Waals surface area contributed by atoms with Crippen molar-refractivity contribution in [3.05, 3.63) is 48.6 Å². The fraction of sp³-hybridized carbons (Fsp3) is 0.571. The highest BCUT2D eigenvalue weighted by molar-refractivity contribution is 5.69. The van der Waals surface area contributed by atoms with Gasteiger partial charge in [-0.25, -0.2) is 0 Å². The van der Waals surface area contributed by atoms with Gasteiger partial charge in [-0.1, -0.05) is 61.4 Å². The molecule has 0 aromatic carbocycles. The van der Waals surface area contributed by atoms with Gasteiger partial charge in [-0.3, -0.25) is 4.79 Å². The SMILES string of the molecule is COC(=O)CCCC=CCC=CCC=CC=CCCCCCCO. The van der Waals surface area contributed by atoms with Crippen LogP contribution in [0.5, 0.6) is 0 Å². The molecule has 0 saturated heterocycles. The van der Waals surface area contributed by atoms with Crippen LogP contribution >= 0.6 is 0 Å². The first-order valence-corrected chi connectivity index (χ1v) is 9.10. The van der Waals surface area contributed by atoms with Gasteiger partial charge >= 0.3 is 5.97 Å². The van der Waals surface area contributed by atoms with Crippen molar-refractivity contribution in [2.45, 2.75) is 64.2 Å². The van der Waals surface area contributed by atoms with Crippen molar-refractivity contribution in [2.75, 3.05) is 13.7 Å². The number of hydrogen-bond donors (Lipinski definition) is 1. The minimum Gasteiger partial charge on any atom is -0.469 e. The highest BCUT2D eigenvalue weighted by atomic mass is 16.5. The Morgan fingerprint density at radius 1 is 0.792 bits per heavy atom. The first kappa shape index (κ1) is 22.4. The lowest BCUT2D eigenvalue weighted by molar-refractivity contribution is -0.140. The van der Waals surface area contributed by atoms with Gasteiger partial charge in [0.2, 0.25) is 0 Å². The van der Waals surface area contributed by atoms with E-state index in [-0.39, 0.29) is 5.97 Å². The molecule has 0 amide bonds. The van der Waals surface area contributed by atoms with E-state index in [9.17, 15) is 4.79 Å². The molecule has 0 unspecified atom stereocenters. The molecular formula is C21H34O3. The van der Waals surface area contributed by atoms with Gasteiger partial charge in [0, 0.05) is 13.0 Å². The number of unbranched alkanes of at least 4 members (excludes halogenated alkanes) is 5. The van der Waals surface area contributed by atoms with Gasteiger partial charge in [0.15, 0.2) is 0 Å². The first-order valence-electron chi connectivity index (χ1n) is 9.10. The predicted molar refractivity (Wildman–Crippen MR) is 102 cm³/mol. The Labute approximate surface area is 147 Å². The van der Waals surface area contributed by atoms with Crippen molar-refractivity contribution in [2.24, 2.45) is 0 Å². The number of aliphatic hydroxyl groups is 1. The second-order valence-electron chi connectivity index (χ2n) is 5.67. The minimum absolute atomic E-state index is 0.133. The summed E-state index contributed by atoms with van der Waals surface area (Å²) in [4.78, 5) is 10.9. The molecule has 0 saturated carbocycles. The van der Waals surface area contributed by atoms with Crippen molar-refractivity contribution in [1.29, 1.82) is 0 Å². The Kier molecular flexibility index (Phi) is 18.1. The van der Waals surface area contributed by atoms with E-state index in [1.165, 1.54) is 20.0 Å². The third kappa shape index (κ3) is 18.4. The van der Waals surface area contributed by atoms with E-state index < -0.39 is 0 Å². The van der Waals surface area contributed by atoms with Gasteiger partial charge < -0.3 is 9.84 Å². The first-order chi connectivity index (χ1) is 11.8. The molecule has 1 N–H and O–H groups in total. The number of hydrogen-bond acceptors (Lipinski definition) is 3. The zero-order valence-corrected chi connectivity index (χ0v) is 15.2. The summed E-state index contributed by atoms with van der Waals surface area (Å²) < 4.78 is 4.59. The lowest BCUT2D eigenvalue weighted by Gasteiger charge is -1.95. The largest absolute Gasteiger partial charge is 0.469 e. The van der Waals surface area contributed by atoms with E-state index in [1.54, 1.807) is 0 Å². The normalized spacial score (nSPS) is 12.2. The maximum Gasteiger partial charge on any atom is 0.305 e. The van der Waals surface area contributed by atoms with E-state index >= 15 is 0 Å². The van der Waals surface area contributed by atoms with Gasteiger partial charge in [-0.05, 0) is 44.9 Å². The summed E-state index contributed by atoms with van der Waals surface area (Å²) in [6.45, 7) is 0.317. The topological polar surface area (TPSA) is 46.5 Å². The Balaban J connectivity index is 3.43. The van der Waals surface area contributed by atoms with Crippen LogP contribution in [-0.4, -0.2) is 24.8 Å². The molecule has 0 fully saturated rings. The third-order valence-electron chi connectivity index (χ3n) is 3.52. The highest BCUT2D eigenvalue weighted by Crippen LogP contribution is 2.03. The molecule has 0 spiro atoms. The Morgan fingerprint density at radius 3 is 2.17 bits per heavy atom. The molecule has 0 aliphatic heterocycles. The van der Waals surface area contributed by atoms with Crippen LogP contribution in [0.25, 0.3) is 0 Å². The number of aliphatic hydroxyl groups excluding tert-OH is 1. The summed E-state index contributed by atoms with van der Waals surface area (Å²) in [5.74, 6) is -0.133. The maximum atomic E-state index is 10.9. The number of rotatable bonds is 15. The number of esters is 1. The Hall–Kier alpha value is -1.61. The van der Waals surface area contributed by atoms with Crippen LogP contribution in [0.2, 0.25) is 0 Å². The summed E-state index contributed by atoms with van der Waals surface area (Å²) in [5.41, 5.74) is 0. The number of ether oxygens (including phenoxy) is 1. The van der Waals surface area contributed by atoms with Crippen LogP contribution in [0.4, 0.5) is 0 Å². The monoisotopic (exact) mass is 334 g/mol. The molecule has 3 nitrogen and oxygen atoms in total. The van der Waals surface area contributed by atoms with Crippen molar-refractivity contribution in [3.63, 3.8) is 0 Å². The average Bonchev–Trinajstić information content (AvgIpc) is 2.60. The number of carbonyl (C=O) groups excluding carboxylic acids is 1. The van der Waals surface area contributed by atoms with Crippen molar-refractivity contribution in [1.82, 2.24) is 0 Å². The summed E-state index contributed by atoms with van der Waals surface area (Å²) in [7, 11) is 1.42. The molecule has 0 rings (SSSR count). The standard InChI is InChI=1S/C21H34O3/c1-24-21(23)19-17-15-13-11-9-7-5-3-2-4-6-8-10-12-14-16-18-20-22/h2,4-8,11,13,22H,3,9-10,12,14-20H2,1H3. The van der Waals surface area contributed by atoms with E-state index in [0.29, 0.717) is 13.0 Å². The van der Waals surface area contributed by atoms with Crippen molar-refractivity contribution >= 4 is 5.97 Å². The quantitative estimate of drug-likeness (QED) is 0.192. The fourth-order valence-electron chi connectivity index (χ4n) is 2.09. The van der Waals surface area contributed by atoms with Gasteiger partial charge in [0.05, 0.1) is 7.11 Å². The van der Waals surface area contributed by atoms with E-state index in [4.69, 9.17) is 5.11 Å². The molecule has 0 heterocycles. The number of allylic oxidation sites excluding steroid dienone is 8. The zero-order chi connectivity index (χ0) is 17.7. The minimum atomic E-state index is -0.133. The number of carbonyl (C=O) groups is 1. The molecule has 0 aliphatic rings. The molecule has 0 aromatic rings. The van der Waals surface area contributed by atoms with Gasteiger partial charge in [0.25, 0.3) is 0 Å². The third-order valence-corrected chi connectivity index (χ3v) is 3.52. The van der Waals surface area contributed by atoms with Crippen molar-refractivity contribution < 1.29 is 14.6 Å². The summed E-state index contributed by atoms with van der Waals surface area (Å²) in [6, 6.07) is 0. The zero-order valence-electron chi connectivity index (χ0n) is 15.2. The Bertz CT molecular complexity index is 392. The molecule has 0 radical (unpaired) electrons. The van der Waals surface area contributed by atoms with Gasteiger partial charge in [0.1, 0.15) is 0 Å². The van der Waals surface area contributed by atoms with Crippen LogP contribution in [-0.2, 0) is 9.53 Å². The number of methoxy groups -OCH3 is 1. The molecule has 136 valence electrons. The maximum absolute atomic E-state index is 10.9. The lowest BCUT2D eigenvalue weighted by atomic mass is 10.1. The summed E-state index contributed by atoms with van der Waals surface area (Å²) in [6.07, 6.45) is 26.9. The van der Waals surface area contributed by atoms with Crippen LogP contribution in [0.1, 0.15) is 64.2 Å². The second-order valence-corrected chi connectivity index (χ2v) is 5.67. The predicted octanol–water partition coefficient (Wildman–Crippen LogP) is 5.28. The molecule has 24 heavy (non-hydrogen) atoms. The van der Waals surface area contributed by atoms with Crippen molar-refractivity contribution in [3.8, 4) is 0 Å². The second kappa shape index (κ2) is 19.4. The molecule has 0 atom stereocenters. The molecule has 0 aromatic heterocycles. The van der Waals surface area contributed by atoms with E-state index in [2.05, 4.69) is 53.3 Å². The van der Waals surface area contributed by atoms with E-state index in [1.807, 2.05) is 0 Å². The Morgan fingerprint density at radius 2 is 1.42 bits per heavy atom. The van der Waals surface area contributed by atoms with Crippen LogP contribution in [0, 0.1) is 0 Å². The molecule has 0 aliphatic carbocycles. The highest BCUT2D eigenvalue weighted by Gasteiger charge is 1.96. The molecule has 0 bridgehead atoms. The van der Waals surface area contributed by atoms with Crippen LogP contribution in [0.15, 0.2) is 48.6 Å². The summed E-state index contributed by atoms with van der Waals surface area (Å²) >= 11 is 0. The average molecular weight is 335 g/mol. The fourth-order valence-corrected chi connectivity index (χ4v) is 2.09.